The SMILES string of the molecule is C[C@H]1Cc2ccccc2[C@H](C)N1C. The van der Waals surface area contributed by atoms with Crippen molar-refractivity contribution in [2.24, 2.45) is 0 Å². The summed E-state index contributed by atoms with van der Waals surface area (Å²) in [6, 6.07) is 10.0. The van der Waals surface area contributed by atoms with Crippen molar-refractivity contribution >= 4 is 0 Å². The van der Waals surface area contributed by atoms with Crippen molar-refractivity contribution in [3.63, 3.8) is 0 Å². The number of hydrogen-bond acceptors (Lipinski definition) is 1. The molecule has 0 amide bonds. The van der Waals surface area contributed by atoms with Crippen LogP contribution in [0.15, 0.2) is 24.3 Å². The molecule has 0 N–H and O–H groups in total. The van der Waals surface area contributed by atoms with Crippen LogP contribution in [-0.2, 0) is 6.42 Å². The van der Waals surface area contributed by atoms with Gasteiger partial charge in [-0.15, -0.1) is 0 Å². The Labute approximate surface area is 80.4 Å². The Morgan fingerprint density at radius 3 is 2.69 bits per heavy atom. The van der Waals surface area contributed by atoms with Gasteiger partial charge in [0.05, 0.1) is 0 Å². The molecule has 1 aromatic carbocycles. The van der Waals surface area contributed by atoms with Gasteiger partial charge in [0.15, 0.2) is 0 Å². The predicted molar refractivity (Wildman–Crippen MR) is 55.8 cm³/mol. The molecule has 1 heterocycles. The van der Waals surface area contributed by atoms with E-state index in [1.54, 1.807) is 0 Å². The molecule has 70 valence electrons. The van der Waals surface area contributed by atoms with Crippen molar-refractivity contribution in [1.29, 1.82) is 0 Å². The van der Waals surface area contributed by atoms with Gasteiger partial charge in [0.1, 0.15) is 0 Å². The third kappa shape index (κ3) is 1.37. The number of likely N-dealkylation sites (N-methyl/N-ethyl adjacent to an activating group) is 1. The van der Waals surface area contributed by atoms with Gasteiger partial charge in [0, 0.05) is 12.1 Å². The van der Waals surface area contributed by atoms with Crippen molar-refractivity contribution in [2.75, 3.05) is 7.05 Å². The molecule has 0 fully saturated rings. The summed E-state index contributed by atoms with van der Waals surface area (Å²) in [6.07, 6.45) is 1.19. The van der Waals surface area contributed by atoms with Crippen LogP contribution in [0.1, 0.15) is 31.0 Å². The van der Waals surface area contributed by atoms with Crippen molar-refractivity contribution in [1.82, 2.24) is 4.90 Å². The maximum absolute atomic E-state index is 2.45. The van der Waals surface area contributed by atoms with Gasteiger partial charge in [-0.1, -0.05) is 24.3 Å². The van der Waals surface area contributed by atoms with E-state index in [1.165, 1.54) is 17.5 Å². The minimum absolute atomic E-state index is 0.569. The molecule has 2 atom stereocenters. The summed E-state index contributed by atoms with van der Waals surface area (Å²) in [6.45, 7) is 4.58. The molecule has 1 aliphatic heterocycles. The first-order valence-electron chi connectivity index (χ1n) is 5.00. The minimum atomic E-state index is 0.569. The minimum Gasteiger partial charge on any atom is -0.297 e. The maximum atomic E-state index is 2.45. The Balaban J connectivity index is 2.43. The highest BCUT2D eigenvalue weighted by Gasteiger charge is 2.25. The number of hydrogen-bond donors (Lipinski definition) is 0. The van der Waals surface area contributed by atoms with Crippen LogP contribution in [0.3, 0.4) is 0 Å². The number of rotatable bonds is 0. The third-order valence-corrected chi connectivity index (χ3v) is 3.33. The first-order chi connectivity index (χ1) is 6.20. The maximum Gasteiger partial charge on any atom is 0.0322 e. The van der Waals surface area contributed by atoms with Gasteiger partial charge in [0.25, 0.3) is 0 Å². The Morgan fingerprint density at radius 2 is 1.92 bits per heavy atom. The smallest absolute Gasteiger partial charge is 0.0322 e. The Morgan fingerprint density at radius 1 is 1.23 bits per heavy atom. The molecule has 0 radical (unpaired) electrons. The van der Waals surface area contributed by atoms with E-state index < -0.39 is 0 Å². The zero-order valence-corrected chi connectivity index (χ0v) is 8.62. The molecule has 1 nitrogen and oxygen atoms in total. The molecule has 1 aromatic rings. The molecular formula is C12H17N. The molecule has 0 aliphatic carbocycles. The second-order valence-electron chi connectivity index (χ2n) is 4.09. The molecule has 0 saturated carbocycles. The molecule has 13 heavy (non-hydrogen) atoms. The van der Waals surface area contributed by atoms with Gasteiger partial charge >= 0.3 is 0 Å². The summed E-state index contributed by atoms with van der Waals surface area (Å²) >= 11 is 0. The molecular weight excluding hydrogens is 158 g/mol. The number of benzene rings is 1. The molecule has 0 bridgehead atoms. The first-order valence-corrected chi connectivity index (χ1v) is 5.00. The summed E-state index contributed by atoms with van der Waals surface area (Å²) in [5.74, 6) is 0. The van der Waals surface area contributed by atoms with Gasteiger partial charge in [-0.3, -0.25) is 4.90 Å². The van der Waals surface area contributed by atoms with E-state index >= 15 is 0 Å². The average Bonchev–Trinajstić information content (AvgIpc) is 2.15. The molecule has 0 spiro atoms. The van der Waals surface area contributed by atoms with E-state index in [-0.39, 0.29) is 0 Å². The van der Waals surface area contributed by atoms with Gasteiger partial charge in [0.2, 0.25) is 0 Å². The fourth-order valence-electron chi connectivity index (χ4n) is 2.19. The van der Waals surface area contributed by atoms with E-state index in [2.05, 4.69) is 50.1 Å². The lowest BCUT2D eigenvalue weighted by Crippen LogP contribution is -2.37. The molecule has 0 saturated heterocycles. The molecule has 1 heteroatoms. The third-order valence-electron chi connectivity index (χ3n) is 3.33. The summed E-state index contributed by atoms with van der Waals surface area (Å²) in [5.41, 5.74) is 3.03. The Hall–Kier alpha value is -0.820. The molecule has 2 rings (SSSR count). The van der Waals surface area contributed by atoms with E-state index in [9.17, 15) is 0 Å². The van der Waals surface area contributed by atoms with Crippen LogP contribution >= 0.6 is 0 Å². The topological polar surface area (TPSA) is 3.24 Å². The van der Waals surface area contributed by atoms with Crippen LogP contribution < -0.4 is 0 Å². The normalized spacial score (nSPS) is 28.5. The van der Waals surface area contributed by atoms with Crippen molar-refractivity contribution < 1.29 is 0 Å². The highest BCUT2D eigenvalue weighted by Crippen LogP contribution is 2.30. The molecule has 1 aliphatic rings. The summed E-state index contributed by atoms with van der Waals surface area (Å²) in [4.78, 5) is 2.45. The molecule has 0 unspecified atom stereocenters. The van der Waals surface area contributed by atoms with Crippen molar-refractivity contribution in [2.45, 2.75) is 32.4 Å². The van der Waals surface area contributed by atoms with Gasteiger partial charge in [-0.2, -0.15) is 0 Å². The summed E-state index contributed by atoms with van der Waals surface area (Å²) < 4.78 is 0. The van der Waals surface area contributed by atoms with E-state index in [0.29, 0.717) is 12.1 Å². The molecule has 0 aromatic heterocycles. The highest BCUT2D eigenvalue weighted by atomic mass is 15.2. The van der Waals surface area contributed by atoms with Gasteiger partial charge in [-0.25, -0.2) is 0 Å². The second-order valence-corrected chi connectivity index (χ2v) is 4.09. The van der Waals surface area contributed by atoms with Crippen LogP contribution in [0.2, 0.25) is 0 Å². The van der Waals surface area contributed by atoms with Crippen molar-refractivity contribution in [3.8, 4) is 0 Å². The van der Waals surface area contributed by atoms with Crippen LogP contribution in [0.4, 0.5) is 0 Å². The second kappa shape index (κ2) is 3.15. The largest absolute Gasteiger partial charge is 0.297 e. The summed E-state index contributed by atoms with van der Waals surface area (Å²) in [5, 5.41) is 0. The lowest BCUT2D eigenvalue weighted by molar-refractivity contribution is 0.179. The van der Waals surface area contributed by atoms with Crippen LogP contribution in [0, 0.1) is 0 Å². The lowest BCUT2D eigenvalue weighted by Gasteiger charge is -2.37. The fraction of sp³-hybridized carbons (Fsp3) is 0.500. The van der Waals surface area contributed by atoms with Crippen molar-refractivity contribution in [3.05, 3.63) is 35.4 Å². The zero-order valence-electron chi connectivity index (χ0n) is 8.62. The van der Waals surface area contributed by atoms with E-state index in [1.807, 2.05) is 0 Å². The Kier molecular flexibility index (Phi) is 2.12. The zero-order chi connectivity index (χ0) is 9.42. The van der Waals surface area contributed by atoms with Crippen LogP contribution in [0.25, 0.3) is 0 Å². The lowest BCUT2D eigenvalue weighted by atomic mass is 9.90. The van der Waals surface area contributed by atoms with Crippen LogP contribution in [0.5, 0.6) is 0 Å². The highest BCUT2D eigenvalue weighted by molar-refractivity contribution is 5.32. The average molecular weight is 175 g/mol. The standard InChI is InChI=1S/C12H17N/c1-9-8-11-6-4-5-7-12(11)10(2)13(9)3/h4-7,9-10H,8H2,1-3H3/t9-,10-/m0/s1. The van der Waals surface area contributed by atoms with Crippen LogP contribution in [-0.4, -0.2) is 18.0 Å². The Bertz CT molecular complexity index is 306. The van der Waals surface area contributed by atoms with Gasteiger partial charge < -0.3 is 0 Å². The monoisotopic (exact) mass is 175 g/mol. The van der Waals surface area contributed by atoms with Gasteiger partial charge in [-0.05, 0) is 38.4 Å². The first kappa shape index (κ1) is 8.76. The quantitative estimate of drug-likeness (QED) is 0.586. The predicted octanol–water partition coefficient (Wildman–Crippen LogP) is 2.62. The number of nitrogens with zero attached hydrogens (tertiary/aromatic N) is 1. The number of fused-ring (bicyclic) bond motifs is 1. The van der Waals surface area contributed by atoms with E-state index in [4.69, 9.17) is 0 Å². The summed E-state index contributed by atoms with van der Waals surface area (Å²) in [7, 11) is 2.21. The fourth-order valence-corrected chi connectivity index (χ4v) is 2.19. The van der Waals surface area contributed by atoms with E-state index in [0.717, 1.165) is 0 Å².